The predicted molar refractivity (Wildman–Crippen MR) is 205 cm³/mol. The Bertz CT molecular complexity index is 2800. The molecule has 4 nitrogen and oxygen atoms in total. The van der Waals surface area contributed by atoms with Crippen LogP contribution in [0, 0.1) is 0 Å². The van der Waals surface area contributed by atoms with Crippen LogP contribution in [0.5, 0.6) is 0 Å². The summed E-state index contributed by atoms with van der Waals surface area (Å²) in [7, 11) is 0. The lowest BCUT2D eigenvalue weighted by Gasteiger charge is -2.12. The first-order valence-electron chi connectivity index (χ1n) is 16.8. The molecule has 3 aromatic heterocycles. The van der Waals surface area contributed by atoms with E-state index in [0.717, 1.165) is 88.6 Å². The van der Waals surface area contributed by atoms with E-state index in [9.17, 15) is 0 Å². The molecule has 10 aromatic rings. The first kappa shape index (κ1) is 28.3. The summed E-state index contributed by atoms with van der Waals surface area (Å²) in [4.78, 5) is 10.5. The molecule has 0 fully saturated rings. The third kappa shape index (κ3) is 4.54. The number of fused-ring (bicyclic) bond motifs is 6. The van der Waals surface area contributed by atoms with Crippen molar-refractivity contribution in [2.45, 2.75) is 0 Å². The summed E-state index contributed by atoms with van der Waals surface area (Å²) < 4.78 is 8.91. The third-order valence-corrected chi connectivity index (χ3v) is 9.61. The summed E-state index contributed by atoms with van der Waals surface area (Å²) in [6.07, 6.45) is 0. The largest absolute Gasteiger partial charge is 0.455 e. The van der Waals surface area contributed by atoms with Gasteiger partial charge in [-0.2, -0.15) is 0 Å². The highest BCUT2D eigenvalue weighted by Crippen LogP contribution is 2.42. The lowest BCUT2D eigenvalue weighted by atomic mass is 10.0. The Morgan fingerprint density at radius 3 is 1.70 bits per heavy atom. The van der Waals surface area contributed by atoms with E-state index in [1.54, 1.807) is 0 Å². The molecule has 3 heterocycles. The number of nitrogens with zero attached hydrogens (tertiary/aromatic N) is 3. The normalized spacial score (nSPS) is 11.6. The van der Waals surface area contributed by atoms with E-state index < -0.39 is 0 Å². The molecule has 0 aliphatic rings. The van der Waals surface area contributed by atoms with Crippen molar-refractivity contribution in [3.8, 4) is 50.7 Å². The maximum Gasteiger partial charge on any atom is 0.161 e. The van der Waals surface area contributed by atoms with Gasteiger partial charge in [-0.05, 0) is 42.0 Å². The molecule has 4 heteroatoms. The molecule has 234 valence electrons. The van der Waals surface area contributed by atoms with Gasteiger partial charge in [-0.15, -0.1) is 0 Å². The van der Waals surface area contributed by atoms with Crippen molar-refractivity contribution >= 4 is 43.7 Å². The topological polar surface area (TPSA) is 43.9 Å². The summed E-state index contributed by atoms with van der Waals surface area (Å²) in [5, 5.41) is 4.45. The molecule has 10 rings (SSSR count). The molecule has 0 bridgehead atoms. The van der Waals surface area contributed by atoms with Gasteiger partial charge >= 0.3 is 0 Å². The SMILES string of the molecule is c1ccc(-c2cc(-c3ccccc3)nc(-c3cccc4c3c3ccccc3n4-c3cc(-c4ccccc4)c4oc5ccccc5c4c3)n2)cc1. The number of aromatic nitrogens is 3. The van der Waals surface area contributed by atoms with Gasteiger partial charge in [-0.3, -0.25) is 0 Å². The minimum absolute atomic E-state index is 0.694. The summed E-state index contributed by atoms with van der Waals surface area (Å²) in [5.41, 5.74) is 12.1. The van der Waals surface area contributed by atoms with E-state index in [1.165, 1.54) is 0 Å². The molecule has 0 spiro atoms. The highest BCUT2D eigenvalue weighted by Gasteiger charge is 2.21. The van der Waals surface area contributed by atoms with E-state index in [1.807, 2.05) is 24.3 Å². The van der Waals surface area contributed by atoms with Crippen molar-refractivity contribution in [1.29, 1.82) is 0 Å². The van der Waals surface area contributed by atoms with Crippen molar-refractivity contribution in [3.05, 3.63) is 176 Å². The van der Waals surface area contributed by atoms with Gasteiger partial charge in [0.05, 0.1) is 22.4 Å². The van der Waals surface area contributed by atoms with Gasteiger partial charge in [0.1, 0.15) is 11.2 Å². The Kier molecular flexibility index (Phi) is 6.46. The fourth-order valence-electron chi connectivity index (χ4n) is 7.34. The standard InChI is InChI=1S/C46H29N3O/c1-4-15-30(16-5-1)37-27-33(28-38-34-21-11-13-26-43(34)50-45(37)38)49-41-24-12-10-22-35(41)44-36(23-14-25-42(44)49)46-47-39(31-17-6-2-7-18-31)29-40(48-46)32-19-8-3-9-20-32/h1-29H. The molecule has 0 saturated heterocycles. The lowest BCUT2D eigenvalue weighted by molar-refractivity contribution is 0.670. The lowest BCUT2D eigenvalue weighted by Crippen LogP contribution is -1.97. The molecule has 7 aromatic carbocycles. The van der Waals surface area contributed by atoms with Gasteiger partial charge in [0.25, 0.3) is 0 Å². The Morgan fingerprint density at radius 2 is 1.00 bits per heavy atom. The van der Waals surface area contributed by atoms with Crippen LogP contribution < -0.4 is 0 Å². The number of furan rings is 1. The van der Waals surface area contributed by atoms with Crippen LogP contribution in [0.3, 0.4) is 0 Å². The molecule has 0 radical (unpaired) electrons. The second-order valence-electron chi connectivity index (χ2n) is 12.6. The van der Waals surface area contributed by atoms with Crippen LogP contribution >= 0.6 is 0 Å². The Hall–Kier alpha value is -6.78. The molecule has 0 N–H and O–H groups in total. The Balaban J connectivity index is 1.27. The van der Waals surface area contributed by atoms with Gasteiger partial charge in [0.15, 0.2) is 5.82 Å². The van der Waals surface area contributed by atoms with Gasteiger partial charge in [0, 0.05) is 49.5 Å². The number of hydrogen-bond acceptors (Lipinski definition) is 3. The van der Waals surface area contributed by atoms with E-state index in [-0.39, 0.29) is 0 Å². The second-order valence-corrected chi connectivity index (χ2v) is 12.6. The zero-order chi connectivity index (χ0) is 33.0. The average Bonchev–Trinajstić information content (AvgIpc) is 3.74. The first-order chi connectivity index (χ1) is 24.8. The predicted octanol–water partition coefficient (Wildman–Crippen LogP) is 12.1. The fourth-order valence-corrected chi connectivity index (χ4v) is 7.34. The molecular formula is C46H29N3O. The number of benzene rings is 7. The maximum absolute atomic E-state index is 6.53. The Labute approximate surface area is 288 Å². The van der Waals surface area contributed by atoms with Crippen LogP contribution in [-0.4, -0.2) is 14.5 Å². The minimum Gasteiger partial charge on any atom is -0.455 e. The van der Waals surface area contributed by atoms with Crippen molar-refractivity contribution < 1.29 is 4.42 Å². The quantitative estimate of drug-likeness (QED) is 0.188. The molecule has 0 aliphatic heterocycles. The average molecular weight is 640 g/mol. The van der Waals surface area contributed by atoms with Crippen molar-refractivity contribution in [1.82, 2.24) is 14.5 Å². The highest BCUT2D eigenvalue weighted by atomic mass is 16.3. The van der Waals surface area contributed by atoms with Crippen LogP contribution in [0.4, 0.5) is 0 Å². The molecule has 0 saturated carbocycles. The van der Waals surface area contributed by atoms with Crippen LogP contribution in [-0.2, 0) is 0 Å². The molecule has 50 heavy (non-hydrogen) atoms. The zero-order valence-corrected chi connectivity index (χ0v) is 27.0. The molecular weight excluding hydrogens is 611 g/mol. The van der Waals surface area contributed by atoms with E-state index in [0.29, 0.717) is 5.82 Å². The van der Waals surface area contributed by atoms with Crippen molar-refractivity contribution in [2.75, 3.05) is 0 Å². The maximum atomic E-state index is 6.53. The number of hydrogen-bond donors (Lipinski definition) is 0. The smallest absolute Gasteiger partial charge is 0.161 e. The fraction of sp³-hybridized carbons (Fsp3) is 0. The van der Waals surface area contributed by atoms with Gasteiger partial charge in [-0.1, -0.05) is 140 Å². The molecule has 0 aliphatic carbocycles. The summed E-state index contributed by atoms with van der Waals surface area (Å²) in [5.74, 6) is 0.694. The molecule has 0 atom stereocenters. The van der Waals surface area contributed by atoms with Gasteiger partial charge < -0.3 is 8.98 Å². The van der Waals surface area contributed by atoms with Gasteiger partial charge in [-0.25, -0.2) is 9.97 Å². The van der Waals surface area contributed by atoms with Crippen molar-refractivity contribution in [3.63, 3.8) is 0 Å². The van der Waals surface area contributed by atoms with Crippen molar-refractivity contribution in [2.24, 2.45) is 0 Å². The van der Waals surface area contributed by atoms with E-state index >= 15 is 0 Å². The van der Waals surface area contributed by atoms with Crippen LogP contribution in [0.2, 0.25) is 0 Å². The minimum atomic E-state index is 0.694. The summed E-state index contributed by atoms with van der Waals surface area (Å²) in [6, 6.07) is 61.2. The van der Waals surface area contributed by atoms with Crippen LogP contribution in [0.1, 0.15) is 0 Å². The summed E-state index contributed by atoms with van der Waals surface area (Å²) >= 11 is 0. The molecule has 0 amide bonds. The highest BCUT2D eigenvalue weighted by molar-refractivity contribution is 6.16. The van der Waals surface area contributed by atoms with E-state index in [4.69, 9.17) is 14.4 Å². The Morgan fingerprint density at radius 1 is 0.420 bits per heavy atom. The zero-order valence-electron chi connectivity index (χ0n) is 27.0. The molecule has 0 unspecified atom stereocenters. The first-order valence-corrected chi connectivity index (χ1v) is 16.8. The van der Waals surface area contributed by atoms with Crippen LogP contribution in [0.15, 0.2) is 180 Å². The summed E-state index contributed by atoms with van der Waals surface area (Å²) in [6.45, 7) is 0. The second kappa shape index (κ2) is 11.4. The third-order valence-electron chi connectivity index (χ3n) is 9.61. The van der Waals surface area contributed by atoms with Gasteiger partial charge in [0.2, 0.25) is 0 Å². The van der Waals surface area contributed by atoms with Crippen LogP contribution in [0.25, 0.3) is 94.5 Å². The number of para-hydroxylation sites is 2. The van der Waals surface area contributed by atoms with E-state index in [2.05, 4.69) is 156 Å². The number of rotatable bonds is 5. The monoisotopic (exact) mass is 639 g/mol.